The lowest BCUT2D eigenvalue weighted by atomic mass is 10.0. The van der Waals surface area contributed by atoms with Crippen LogP contribution >= 0.6 is 0 Å². The van der Waals surface area contributed by atoms with E-state index in [9.17, 15) is 14.0 Å². The Bertz CT molecular complexity index is 583. The van der Waals surface area contributed by atoms with Crippen molar-refractivity contribution in [2.45, 2.75) is 45.0 Å². The average Bonchev–Trinajstić information content (AvgIpc) is 2.49. The number of fused-ring (bicyclic) bond motifs is 1. The third-order valence-corrected chi connectivity index (χ3v) is 3.40. The van der Waals surface area contributed by atoms with Crippen molar-refractivity contribution in [3.05, 3.63) is 29.8 Å². The van der Waals surface area contributed by atoms with Crippen LogP contribution in [0.1, 0.15) is 38.9 Å². The Kier molecular flexibility index (Phi) is 4.39. The zero-order valence-corrected chi connectivity index (χ0v) is 13.2. The summed E-state index contributed by atoms with van der Waals surface area (Å²) in [6.07, 6.45) is -2.16. The number of carbonyl (C=O) groups is 2. The number of para-hydroxylation sites is 1. The number of halogens is 1. The molecule has 1 heterocycles. The van der Waals surface area contributed by atoms with E-state index >= 15 is 0 Å². The Morgan fingerprint density at radius 1 is 1.36 bits per heavy atom. The summed E-state index contributed by atoms with van der Waals surface area (Å²) in [6, 6.07) is 5.86. The summed E-state index contributed by atoms with van der Waals surface area (Å²) in [6.45, 7) is 5.17. The number of nitrogens with zero attached hydrogens (tertiary/aromatic N) is 1. The number of alkyl halides is 1. The number of rotatable bonds is 1. The third-order valence-electron chi connectivity index (χ3n) is 3.40. The van der Waals surface area contributed by atoms with Gasteiger partial charge in [0.2, 0.25) is 5.91 Å². The van der Waals surface area contributed by atoms with Crippen molar-refractivity contribution in [2.24, 2.45) is 0 Å². The average molecular weight is 308 g/mol. The highest BCUT2D eigenvalue weighted by molar-refractivity contribution is 5.99. The zero-order chi connectivity index (χ0) is 16.5. The van der Waals surface area contributed by atoms with Gasteiger partial charge in [0.25, 0.3) is 0 Å². The number of hydrogen-bond acceptors (Lipinski definition) is 3. The molecule has 0 saturated carbocycles. The summed E-state index contributed by atoms with van der Waals surface area (Å²) in [7, 11) is 1.57. The van der Waals surface area contributed by atoms with Crippen LogP contribution < -0.4 is 10.2 Å². The first-order valence-electron chi connectivity index (χ1n) is 7.19. The van der Waals surface area contributed by atoms with Crippen LogP contribution in [-0.2, 0) is 9.53 Å². The molecule has 0 saturated heterocycles. The second kappa shape index (κ2) is 5.94. The number of likely N-dealkylation sites (N-methyl/N-ethyl adjacent to an activating group) is 1. The molecule has 1 aromatic rings. The van der Waals surface area contributed by atoms with E-state index in [-0.39, 0.29) is 12.3 Å². The van der Waals surface area contributed by atoms with E-state index in [0.29, 0.717) is 11.3 Å². The Morgan fingerprint density at radius 3 is 2.64 bits per heavy atom. The number of hydrogen-bond donors (Lipinski definition) is 1. The molecule has 1 aromatic carbocycles. The van der Waals surface area contributed by atoms with E-state index in [1.807, 2.05) is 0 Å². The van der Waals surface area contributed by atoms with Crippen LogP contribution in [0.2, 0.25) is 0 Å². The second-order valence-corrected chi connectivity index (χ2v) is 6.36. The van der Waals surface area contributed by atoms with Crippen molar-refractivity contribution in [1.29, 1.82) is 0 Å². The van der Waals surface area contributed by atoms with Gasteiger partial charge in [-0.1, -0.05) is 18.2 Å². The van der Waals surface area contributed by atoms with Crippen molar-refractivity contribution in [3.8, 4) is 0 Å². The fraction of sp³-hybridized carbons (Fsp3) is 0.500. The first kappa shape index (κ1) is 16.3. The van der Waals surface area contributed by atoms with Crippen molar-refractivity contribution in [2.75, 3.05) is 11.9 Å². The van der Waals surface area contributed by atoms with Crippen molar-refractivity contribution < 1.29 is 18.7 Å². The Hall–Kier alpha value is -2.11. The number of benzene rings is 1. The fourth-order valence-corrected chi connectivity index (χ4v) is 2.42. The molecule has 6 heteroatoms. The van der Waals surface area contributed by atoms with Gasteiger partial charge in [0.1, 0.15) is 17.8 Å². The van der Waals surface area contributed by atoms with Gasteiger partial charge < -0.3 is 15.0 Å². The molecule has 1 aliphatic rings. The first-order valence-corrected chi connectivity index (χ1v) is 7.19. The van der Waals surface area contributed by atoms with Gasteiger partial charge in [-0.3, -0.25) is 4.79 Å². The van der Waals surface area contributed by atoms with Gasteiger partial charge in [-0.15, -0.1) is 0 Å². The quantitative estimate of drug-likeness (QED) is 0.867. The lowest BCUT2D eigenvalue weighted by Crippen LogP contribution is -2.48. The Morgan fingerprint density at radius 2 is 2.00 bits per heavy atom. The van der Waals surface area contributed by atoms with Gasteiger partial charge in [0.15, 0.2) is 0 Å². The van der Waals surface area contributed by atoms with Crippen molar-refractivity contribution in [1.82, 2.24) is 5.32 Å². The van der Waals surface area contributed by atoms with E-state index in [4.69, 9.17) is 4.74 Å². The molecule has 0 fully saturated rings. The van der Waals surface area contributed by atoms with Gasteiger partial charge in [0.05, 0.1) is 0 Å². The minimum atomic E-state index is -1.33. The maximum absolute atomic E-state index is 14.5. The standard InChI is InChI=1S/C16H21FN2O3/c1-16(2,3)22-15(21)18-12-9-11(17)10-7-5-6-8-13(10)19(4)14(12)20/h5-8,11-12H,9H2,1-4H3,(H,18,21). The Balaban J connectivity index is 2.19. The topological polar surface area (TPSA) is 58.6 Å². The molecule has 0 aliphatic carbocycles. The van der Waals surface area contributed by atoms with Crippen LogP contribution in [0, 0.1) is 0 Å². The smallest absolute Gasteiger partial charge is 0.408 e. The second-order valence-electron chi connectivity index (χ2n) is 6.36. The molecular formula is C16H21FN2O3. The minimum absolute atomic E-state index is 0.112. The van der Waals surface area contributed by atoms with E-state index in [1.165, 1.54) is 4.90 Å². The van der Waals surface area contributed by atoms with Gasteiger partial charge in [-0.2, -0.15) is 0 Å². The number of nitrogens with one attached hydrogen (secondary N) is 1. The zero-order valence-electron chi connectivity index (χ0n) is 13.2. The first-order chi connectivity index (χ1) is 10.2. The minimum Gasteiger partial charge on any atom is -0.444 e. The maximum atomic E-state index is 14.5. The molecule has 2 rings (SSSR count). The summed E-state index contributed by atoms with van der Waals surface area (Å²) in [5, 5.41) is 2.47. The SMILES string of the molecule is CN1C(=O)C(NC(=O)OC(C)(C)C)CC(F)c2ccccc21. The predicted octanol–water partition coefficient (Wildman–Crippen LogP) is 2.96. The van der Waals surface area contributed by atoms with Gasteiger partial charge in [-0.25, -0.2) is 9.18 Å². The van der Waals surface area contributed by atoms with E-state index in [1.54, 1.807) is 52.1 Å². The van der Waals surface area contributed by atoms with Gasteiger partial charge in [-0.05, 0) is 26.8 Å². The molecule has 0 spiro atoms. The van der Waals surface area contributed by atoms with E-state index < -0.39 is 23.9 Å². The monoisotopic (exact) mass is 308 g/mol. The predicted molar refractivity (Wildman–Crippen MR) is 81.5 cm³/mol. The molecule has 5 nitrogen and oxygen atoms in total. The molecule has 120 valence electrons. The number of anilines is 1. The third kappa shape index (κ3) is 3.55. The molecule has 2 atom stereocenters. The summed E-state index contributed by atoms with van der Waals surface area (Å²) < 4.78 is 19.6. The summed E-state index contributed by atoms with van der Waals surface area (Å²) >= 11 is 0. The largest absolute Gasteiger partial charge is 0.444 e. The molecule has 2 unspecified atom stereocenters. The van der Waals surface area contributed by atoms with Crippen LogP contribution in [0.3, 0.4) is 0 Å². The van der Waals surface area contributed by atoms with E-state index in [0.717, 1.165) is 0 Å². The van der Waals surface area contributed by atoms with Crippen LogP contribution in [-0.4, -0.2) is 30.7 Å². The number of alkyl carbamates (subject to hydrolysis) is 1. The van der Waals surface area contributed by atoms with E-state index in [2.05, 4.69) is 5.32 Å². The van der Waals surface area contributed by atoms with Crippen LogP contribution in [0.15, 0.2) is 24.3 Å². The molecule has 1 aliphatic heterocycles. The van der Waals surface area contributed by atoms with Crippen LogP contribution in [0.4, 0.5) is 14.9 Å². The highest BCUT2D eigenvalue weighted by Crippen LogP contribution is 2.35. The number of carbonyl (C=O) groups excluding carboxylic acids is 2. The number of amides is 2. The van der Waals surface area contributed by atoms with Gasteiger partial charge in [0, 0.05) is 24.7 Å². The highest BCUT2D eigenvalue weighted by atomic mass is 19.1. The van der Waals surface area contributed by atoms with Crippen LogP contribution in [0.5, 0.6) is 0 Å². The van der Waals surface area contributed by atoms with Crippen molar-refractivity contribution >= 4 is 17.7 Å². The molecule has 0 aromatic heterocycles. The highest BCUT2D eigenvalue weighted by Gasteiger charge is 2.35. The summed E-state index contributed by atoms with van der Waals surface area (Å²) in [5.74, 6) is -0.363. The molecule has 0 radical (unpaired) electrons. The summed E-state index contributed by atoms with van der Waals surface area (Å²) in [5.41, 5.74) is 0.294. The van der Waals surface area contributed by atoms with Crippen molar-refractivity contribution in [3.63, 3.8) is 0 Å². The fourth-order valence-electron chi connectivity index (χ4n) is 2.42. The van der Waals surface area contributed by atoms with Gasteiger partial charge >= 0.3 is 6.09 Å². The molecule has 0 bridgehead atoms. The normalized spacial score (nSPS) is 21.9. The lowest BCUT2D eigenvalue weighted by molar-refractivity contribution is -0.120. The molecule has 2 amide bonds. The maximum Gasteiger partial charge on any atom is 0.408 e. The molecular weight excluding hydrogens is 287 g/mol. The Labute approximate surface area is 129 Å². The molecule has 1 N–H and O–H groups in total. The lowest BCUT2D eigenvalue weighted by Gasteiger charge is -2.24. The van der Waals surface area contributed by atoms with Crippen LogP contribution in [0.25, 0.3) is 0 Å². The summed E-state index contributed by atoms with van der Waals surface area (Å²) in [4.78, 5) is 25.7. The number of ether oxygens (including phenoxy) is 1. The molecule has 22 heavy (non-hydrogen) atoms.